The maximum atomic E-state index is 5.04. The first-order valence-corrected chi connectivity index (χ1v) is 4.53. The number of nitrogens with zero attached hydrogens (tertiary/aromatic N) is 1. The van der Waals surface area contributed by atoms with Crippen LogP contribution in [0.5, 0.6) is 0 Å². The third-order valence-corrected chi connectivity index (χ3v) is 2.06. The number of hydrogen-bond acceptors (Lipinski definition) is 4. The molecule has 14 heavy (non-hydrogen) atoms. The van der Waals surface area contributed by atoms with Gasteiger partial charge in [0.15, 0.2) is 6.29 Å². The van der Waals surface area contributed by atoms with E-state index in [4.69, 9.17) is 9.47 Å². The standard InChI is InChI=1S/C9H17N3O2/c1-7-8(12-6-11-7)4-10-5-9(13-2)14-3/h6,9-10H,4-5H2,1-3H3,(H,11,12). The highest BCUT2D eigenvalue weighted by Crippen LogP contribution is 1.99. The van der Waals surface area contributed by atoms with Gasteiger partial charge in [0.1, 0.15) is 0 Å². The minimum Gasteiger partial charge on any atom is -0.355 e. The topological polar surface area (TPSA) is 59.2 Å². The lowest BCUT2D eigenvalue weighted by Crippen LogP contribution is -2.29. The highest BCUT2D eigenvalue weighted by atomic mass is 16.7. The van der Waals surface area contributed by atoms with Gasteiger partial charge in [-0.1, -0.05) is 0 Å². The SMILES string of the molecule is COC(CNCc1nc[nH]c1C)OC. The number of aryl methyl sites for hydroxylation is 1. The maximum Gasteiger partial charge on any atom is 0.169 e. The number of aromatic nitrogens is 2. The normalized spacial score (nSPS) is 11.1. The summed E-state index contributed by atoms with van der Waals surface area (Å²) >= 11 is 0. The summed E-state index contributed by atoms with van der Waals surface area (Å²) in [6.07, 6.45) is 1.49. The van der Waals surface area contributed by atoms with Crippen molar-refractivity contribution in [1.82, 2.24) is 15.3 Å². The maximum absolute atomic E-state index is 5.04. The fourth-order valence-electron chi connectivity index (χ4n) is 1.14. The van der Waals surface area contributed by atoms with E-state index < -0.39 is 0 Å². The van der Waals surface area contributed by atoms with Gasteiger partial charge < -0.3 is 19.8 Å². The van der Waals surface area contributed by atoms with Crippen LogP contribution in [0.3, 0.4) is 0 Å². The Morgan fingerprint density at radius 2 is 2.21 bits per heavy atom. The molecule has 0 spiro atoms. The van der Waals surface area contributed by atoms with E-state index in [1.165, 1.54) is 0 Å². The smallest absolute Gasteiger partial charge is 0.169 e. The van der Waals surface area contributed by atoms with E-state index in [0.29, 0.717) is 6.54 Å². The van der Waals surface area contributed by atoms with E-state index in [1.54, 1.807) is 20.5 Å². The van der Waals surface area contributed by atoms with Crippen LogP contribution in [0.15, 0.2) is 6.33 Å². The van der Waals surface area contributed by atoms with Crippen LogP contribution in [0.2, 0.25) is 0 Å². The van der Waals surface area contributed by atoms with Crippen LogP contribution in [-0.4, -0.2) is 37.0 Å². The van der Waals surface area contributed by atoms with Crippen LogP contribution in [0.25, 0.3) is 0 Å². The number of ether oxygens (including phenoxy) is 2. The molecular formula is C9H17N3O2. The number of nitrogens with one attached hydrogen (secondary N) is 2. The van der Waals surface area contributed by atoms with Crippen LogP contribution in [0.1, 0.15) is 11.4 Å². The van der Waals surface area contributed by atoms with Gasteiger partial charge in [0, 0.05) is 33.0 Å². The van der Waals surface area contributed by atoms with Gasteiger partial charge in [0.05, 0.1) is 12.0 Å². The molecule has 80 valence electrons. The van der Waals surface area contributed by atoms with Crippen LogP contribution in [0.4, 0.5) is 0 Å². The summed E-state index contributed by atoms with van der Waals surface area (Å²) < 4.78 is 10.1. The molecule has 0 atom stereocenters. The Morgan fingerprint density at radius 3 is 2.71 bits per heavy atom. The second-order valence-electron chi connectivity index (χ2n) is 3.01. The second-order valence-corrected chi connectivity index (χ2v) is 3.01. The Balaban J connectivity index is 2.24. The van der Waals surface area contributed by atoms with Crippen molar-refractivity contribution < 1.29 is 9.47 Å². The van der Waals surface area contributed by atoms with Gasteiger partial charge in [-0.25, -0.2) is 4.98 Å². The Kier molecular flexibility index (Phi) is 4.58. The van der Waals surface area contributed by atoms with Crippen molar-refractivity contribution in [2.45, 2.75) is 19.8 Å². The van der Waals surface area contributed by atoms with E-state index in [1.807, 2.05) is 6.92 Å². The molecule has 0 aliphatic heterocycles. The monoisotopic (exact) mass is 199 g/mol. The Labute approximate surface area is 83.8 Å². The van der Waals surface area contributed by atoms with Crippen LogP contribution >= 0.6 is 0 Å². The van der Waals surface area contributed by atoms with Gasteiger partial charge in [-0.3, -0.25) is 0 Å². The summed E-state index contributed by atoms with van der Waals surface area (Å²) in [5.41, 5.74) is 2.11. The number of aromatic amines is 1. The molecule has 0 saturated heterocycles. The molecule has 1 heterocycles. The molecule has 0 amide bonds. The number of methoxy groups -OCH3 is 2. The highest BCUT2D eigenvalue weighted by molar-refractivity contribution is 5.07. The first kappa shape index (κ1) is 11.2. The molecule has 0 radical (unpaired) electrons. The Morgan fingerprint density at radius 1 is 1.50 bits per heavy atom. The average molecular weight is 199 g/mol. The molecule has 5 heteroatoms. The summed E-state index contributed by atoms with van der Waals surface area (Å²) in [7, 11) is 3.24. The predicted molar refractivity (Wildman–Crippen MR) is 52.8 cm³/mol. The Bertz CT molecular complexity index is 258. The predicted octanol–water partition coefficient (Wildman–Crippen LogP) is 0.427. The van der Waals surface area contributed by atoms with E-state index in [2.05, 4.69) is 15.3 Å². The molecule has 0 aliphatic rings. The zero-order valence-electron chi connectivity index (χ0n) is 8.83. The van der Waals surface area contributed by atoms with E-state index in [-0.39, 0.29) is 6.29 Å². The molecule has 0 fully saturated rings. The van der Waals surface area contributed by atoms with Crippen molar-refractivity contribution in [3.8, 4) is 0 Å². The van der Waals surface area contributed by atoms with Gasteiger partial charge in [-0.15, -0.1) is 0 Å². The van der Waals surface area contributed by atoms with Gasteiger partial charge in [-0.05, 0) is 6.92 Å². The minimum absolute atomic E-state index is 0.200. The van der Waals surface area contributed by atoms with Crippen LogP contribution in [0, 0.1) is 6.92 Å². The van der Waals surface area contributed by atoms with Crippen LogP contribution in [-0.2, 0) is 16.0 Å². The number of H-pyrrole nitrogens is 1. The fourth-order valence-corrected chi connectivity index (χ4v) is 1.14. The second kappa shape index (κ2) is 5.74. The van der Waals surface area contributed by atoms with E-state index >= 15 is 0 Å². The van der Waals surface area contributed by atoms with Crippen molar-refractivity contribution in [2.75, 3.05) is 20.8 Å². The zero-order valence-corrected chi connectivity index (χ0v) is 8.83. The van der Waals surface area contributed by atoms with Crippen molar-refractivity contribution >= 4 is 0 Å². The molecule has 0 bridgehead atoms. The summed E-state index contributed by atoms with van der Waals surface area (Å²) in [4.78, 5) is 7.19. The molecule has 0 aromatic carbocycles. The summed E-state index contributed by atoms with van der Waals surface area (Å²) in [5.74, 6) is 0. The first-order chi connectivity index (χ1) is 6.77. The van der Waals surface area contributed by atoms with Crippen molar-refractivity contribution in [1.29, 1.82) is 0 Å². The minimum atomic E-state index is -0.200. The van der Waals surface area contributed by atoms with Gasteiger partial charge in [0.2, 0.25) is 0 Å². The molecule has 5 nitrogen and oxygen atoms in total. The van der Waals surface area contributed by atoms with Crippen molar-refractivity contribution in [3.05, 3.63) is 17.7 Å². The van der Waals surface area contributed by atoms with E-state index in [0.717, 1.165) is 17.9 Å². The lowest BCUT2D eigenvalue weighted by molar-refractivity contribution is -0.0989. The lowest BCUT2D eigenvalue weighted by atomic mass is 10.3. The summed E-state index contributed by atoms with van der Waals surface area (Å²) in [6.45, 7) is 3.37. The number of imidazole rings is 1. The van der Waals surface area contributed by atoms with E-state index in [9.17, 15) is 0 Å². The highest BCUT2D eigenvalue weighted by Gasteiger charge is 2.05. The number of hydrogen-bond donors (Lipinski definition) is 2. The molecule has 1 aromatic rings. The zero-order chi connectivity index (χ0) is 10.4. The largest absolute Gasteiger partial charge is 0.355 e. The summed E-state index contributed by atoms with van der Waals surface area (Å²) in [6, 6.07) is 0. The molecule has 0 saturated carbocycles. The third-order valence-electron chi connectivity index (χ3n) is 2.06. The average Bonchev–Trinajstić information content (AvgIpc) is 2.59. The molecular weight excluding hydrogens is 182 g/mol. The van der Waals surface area contributed by atoms with Crippen molar-refractivity contribution in [2.24, 2.45) is 0 Å². The first-order valence-electron chi connectivity index (χ1n) is 4.53. The van der Waals surface area contributed by atoms with Gasteiger partial charge in [0.25, 0.3) is 0 Å². The van der Waals surface area contributed by atoms with Crippen LogP contribution < -0.4 is 5.32 Å². The number of rotatable bonds is 6. The van der Waals surface area contributed by atoms with Gasteiger partial charge >= 0.3 is 0 Å². The molecule has 1 rings (SSSR count). The lowest BCUT2D eigenvalue weighted by Gasteiger charge is -2.13. The molecule has 0 aliphatic carbocycles. The summed E-state index contributed by atoms with van der Waals surface area (Å²) in [5, 5.41) is 3.20. The molecule has 1 aromatic heterocycles. The molecule has 0 unspecified atom stereocenters. The third kappa shape index (κ3) is 3.10. The van der Waals surface area contributed by atoms with Crippen molar-refractivity contribution in [3.63, 3.8) is 0 Å². The Hall–Kier alpha value is -0.910. The van der Waals surface area contributed by atoms with Gasteiger partial charge in [-0.2, -0.15) is 0 Å². The molecule has 2 N–H and O–H groups in total. The quantitative estimate of drug-likeness (QED) is 0.652. The fraction of sp³-hybridized carbons (Fsp3) is 0.667.